The molecule has 1 saturated heterocycles. The topological polar surface area (TPSA) is 30.5 Å². The lowest BCUT2D eigenvalue weighted by Gasteiger charge is -2.20. The quantitative estimate of drug-likeness (QED) is 0.887. The molecule has 1 aliphatic heterocycles. The lowest BCUT2D eigenvalue weighted by Crippen LogP contribution is -2.26. The van der Waals surface area contributed by atoms with Crippen molar-refractivity contribution >= 4 is 5.69 Å². The highest BCUT2D eigenvalue weighted by Gasteiger charge is 2.24. The molecule has 3 nitrogen and oxygen atoms in total. The fraction of sp³-hybridized carbons (Fsp3) is 0.600. The number of aryl methyl sites for hydroxylation is 1. The molecule has 0 amide bonds. The highest BCUT2D eigenvalue weighted by molar-refractivity contribution is 5.54. The van der Waals surface area contributed by atoms with Crippen molar-refractivity contribution in [2.45, 2.75) is 52.4 Å². The first-order valence-corrected chi connectivity index (χ1v) is 6.71. The Morgan fingerprint density at radius 1 is 1.39 bits per heavy atom. The zero-order valence-electron chi connectivity index (χ0n) is 11.7. The number of benzene rings is 1. The Bertz CT molecular complexity index is 403. The van der Waals surface area contributed by atoms with Gasteiger partial charge in [0, 0.05) is 12.3 Å². The van der Waals surface area contributed by atoms with E-state index in [1.165, 1.54) is 11.3 Å². The van der Waals surface area contributed by atoms with Crippen molar-refractivity contribution in [3.8, 4) is 5.75 Å². The third-order valence-electron chi connectivity index (χ3n) is 3.29. The fourth-order valence-corrected chi connectivity index (χ4v) is 2.26. The van der Waals surface area contributed by atoms with E-state index in [9.17, 15) is 0 Å². The minimum absolute atomic E-state index is 0.214. The molecule has 3 heteroatoms. The van der Waals surface area contributed by atoms with Gasteiger partial charge in [-0.05, 0) is 57.9 Å². The lowest BCUT2D eigenvalue weighted by atomic mass is 10.1. The van der Waals surface area contributed by atoms with Crippen molar-refractivity contribution in [1.29, 1.82) is 0 Å². The highest BCUT2D eigenvalue weighted by Crippen LogP contribution is 2.25. The van der Waals surface area contributed by atoms with Crippen LogP contribution in [-0.4, -0.2) is 24.9 Å². The molecule has 2 rings (SSSR count). The molecule has 1 aromatic rings. The van der Waals surface area contributed by atoms with Gasteiger partial charge in [-0.25, -0.2) is 0 Å². The van der Waals surface area contributed by atoms with Gasteiger partial charge in [-0.2, -0.15) is 0 Å². The summed E-state index contributed by atoms with van der Waals surface area (Å²) in [7, 11) is 0. The summed E-state index contributed by atoms with van der Waals surface area (Å²) >= 11 is 0. The molecule has 0 saturated carbocycles. The Kier molecular flexibility index (Phi) is 4.12. The SMILES string of the molecule is Cc1cc(OC(C)C)ccc1NC1CCOC1C. The molecule has 2 atom stereocenters. The van der Waals surface area contributed by atoms with Crippen LogP contribution in [0.3, 0.4) is 0 Å². The molecule has 1 heterocycles. The first-order valence-electron chi connectivity index (χ1n) is 6.71. The van der Waals surface area contributed by atoms with Crippen LogP contribution in [0.2, 0.25) is 0 Å². The summed E-state index contributed by atoms with van der Waals surface area (Å²) in [6, 6.07) is 6.62. The molecule has 1 aliphatic rings. The summed E-state index contributed by atoms with van der Waals surface area (Å²) in [4.78, 5) is 0. The largest absolute Gasteiger partial charge is 0.491 e. The second kappa shape index (κ2) is 5.61. The van der Waals surface area contributed by atoms with Crippen molar-refractivity contribution < 1.29 is 9.47 Å². The highest BCUT2D eigenvalue weighted by atomic mass is 16.5. The van der Waals surface area contributed by atoms with Crippen molar-refractivity contribution in [1.82, 2.24) is 0 Å². The summed E-state index contributed by atoms with van der Waals surface area (Å²) in [5, 5.41) is 3.56. The van der Waals surface area contributed by atoms with Crippen molar-refractivity contribution in [3.63, 3.8) is 0 Å². The molecule has 2 unspecified atom stereocenters. The maximum atomic E-state index is 5.69. The predicted molar refractivity (Wildman–Crippen MR) is 74.4 cm³/mol. The van der Waals surface area contributed by atoms with Crippen LogP contribution >= 0.6 is 0 Å². The van der Waals surface area contributed by atoms with Gasteiger partial charge >= 0.3 is 0 Å². The molecular weight excluding hydrogens is 226 g/mol. The minimum atomic E-state index is 0.214. The molecular formula is C15H23NO2. The van der Waals surface area contributed by atoms with Gasteiger partial charge in [0.05, 0.1) is 18.2 Å². The Balaban J connectivity index is 2.05. The second-order valence-electron chi connectivity index (χ2n) is 5.26. The van der Waals surface area contributed by atoms with E-state index in [-0.39, 0.29) is 12.2 Å². The summed E-state index contributed by atoms with van der Waals surface area (Å²) in [5.41, 5.74) is 2.39. The van der Waals surface area contributed by atoms with E-state index < -0.39 is 0 Å². The number of hydrogen-bond donors (Lipinski definition) is 1. The van der Waals surface area contributed by atoms with E-state index in [0.29, 0.717) is 6.04 Å². The molecule has 1 aromatic carbocycles. The van der Waals surface area contributed by atoms with E-state index in [0.717, 1.165) is 18.8 Å². The van der Waals surface area contributed by atoms with Crippen LogP contribution in [0, 0.1) is 6.92 Å². The molecule has 0 aromatic heterocycles. The van der Waals surface area contributed by atoms with Gasteiger partial charge in [0.2, 0.25) is 0 Å². The average Bonchev–Trinajstić information content (AvgIpc) is 2.67. The summed E-state index contributed by atoms with van der Waals surface area (Å²) in [6.07, 6.45) is 1.58. The van der Waals surface area contributed by atoms with Crippen LogP contribution in [0.1, 0.15) is 32.8 Å². The molecule has 0 spiro atoms. The third-order valence-corrected chi connectivity index (χ3v) is 3.29. The number of anilines is 1. The van der Waals surface area contributed by atoms with Crippen molar-refractivity contribution in [2.75, 3.05) is 11.9 Å². The standard InChI is InChI=1S/C15H23NO2/c1-10(2)18-13-5-6-14(11(3)9-13)16-15-7-8-17-12(15)4/h5-6,9-10,12,15-16H,7-8H2,1-4H3. The molecule has 1 N–H and O–H groups in total. The first-order chi connectivity index (χ1) is 8.56. The first kappa shape index (κ1) is 13.2. The smallest absolute Gasteiger partial charge is 0.120 e. The normalized spacial score (nSPS) is 23.4. The Morgan fingerprint density at radius 2 is 2.17 bits per heavy atom. The van der Waals surface area contributed by atoms with Crippen LogP contribution in [0.4, 0.5) is 5.69 Å². The van der Waals surface area contributed by atoms with Gasteiger partial charge in [0.1, 0.15) is 5.75 Å². The van der Waals surface area contributed by atoms with Gasteiger partial charge < -0.3 is 14.8 Å². The molecule has 1 fully saturated rings. The van der Waals surface area contributed by atoms with E-state index in [2.05, 4.69) is 31.3 Å². The Morgan fingerprint density at radius 3 is 2.72 bits per heavy atom. The zero-order valence-corrected chi connectivity index (χ0v) is 11.7. The van der Waals surface area contributed by atoms with Crippen LogP contribution in [0.15, 0.2) is 18.2 Å². The second-order valence-corrected chi connectivity index (χ2v) is 5.26. The van der Waals surface area contributed by atoms with Crippen LogP contribution < -0.4 is 10.1 Å². The van der Waals surface area contributed by atoms with E-state index >= 15 is 0 Å². The number of hydrogen-bond acceptors (Lipinski definition) is 3. The van der Waals surface area contributed by atoms with Gasteiger partial charge in [-0.3, -0.25) is 0 Å². The summed E-state index contributed by atoms with van der Waals surface area (Å²) in [5.74, 6) is 0.934. The van der Waals surface area contributed by atoms with Gasteiger partial charge in [0.25, 0.3) is 0 Å². The summed E-state index contributed by atoms with van der Waals surface area (Å²) < 4.78 is 11.3. The number of ether oxygens (including phenoxy) is 2. The maximum absolute atomic E-state index is 5.69. The van der Waals surface area contributed by atoms with E-state index in [1.54, 1.807) is 0 Å². The van der Waals surface area contributed by atoms with E-state index in [4.69, 9.17) is 9.47 Å². The number of nitrogens with one attached hydrogen (secondary N) is 1. The molecule has 100 valence electrons. The fourth-order valence-electron chi connectivity index (χ4n) is 2.26. The van der Waals surface area contributed by atoms with Crippen molar-refractivity contribution in [3.05, 3.63) is 23.8 Å². The van der Waals surface area contributed by atoms with Crippen LogP contribution in [-0.2, 0) is 4.74 Å². The molecule has 0 aliphatic carbocycles. The summed E-state index contributed by atoms with van der Waals surface area (Å²) in [6.45, 7) is 9.16. The monoisotopic (exact) mass is 249 g/mol. The van der Waals surface area contributed by atoms with Gasteiger partial charge in [-0.1, -0.05) is 0 Å². The minimum Gasteiger partial charge on any atom is -0.491 e. The molecule has 18 heavy (non-hydrogen) atoms. The van der Waals surface area contributed by atoms with Crippen molar-refractivity contribution in [2.24, 2.45) is 0 Å². The van der Waals surface area contributed by atoms with Crippen LogP contribution in [0.25, 0.3) is 0 Å². The predicted octanol–water partition coefficient (Wildman–Crippen LogP) is 3.37. The Hall–Kier alpha value is -1.22. The number of rotatable bonds is 4. The van der Waals surface area contributed by atoms with Crippen LogP contribution in [0.5, 0.6) is 5.75 Å². The lowest BCUT2D eigenvalue weighted by molar-refractivity contribution is 0.121. The van der Waals surface area contributed by atoms with E-state index in [1.807, 2.05) is 19.9 Å². The average molecular weight is 249 g/mol. The third kappa shape index (κ3) is 3.16. The maximum Gasteiger partial charge on any atom is 0.120 e. The molecule has 0 radical (unpaired) electrons. The Labute approximate surface area is 109 Å². The zero-order chi connectivity index (χ0) is 13.1. The van der Waals surface area contributed by atoms with Gasteiger partial charge in [-0.15, -0.1) is 0 Å². The van der Waals surface area contributed by atoms with Gasteiger partial charge in [0.15, 0.2) is 0 Å². The molecule has 0 bridgehead atoms.